The molecule has 2 N–H and O–H groups in total. The maximum atomic E-state index is 13.6. The zero-order valence-corrected chi connectivity index (χ0v) is 21.0. The van der Waals surface area contributed by atoms with Crippen molar-refractivity contribution in [1.82, 2.24) is 19.9 Å². The van der Waals surface area contributed by atoms with Crippen LogP contribution in [0.4, 0.5) is 4.79 Å². The van der Waals surface area contributed by atoms with Crippen LogP contribution >= 0.6 is 0 Å². The summed E-state index contributed by atoms with van der Waals surface area (Å²) < 4.78 is 34.5. The molecule has 36 heavy (non-hydrogen) atoms. The number of nitrogens with one attached hydrogen (secondary N) is 2. The molecule has 9 nitrogen and oxygen atoms in total. The molecule has 0 spiro atoms. The van der Waals surface area contributed by atoms with Crippen LogP contribution in [0.5, 0.6) is 5.75 Å². The minimum atomic E-state index is -3.91. The quantitative estimate of drug-likeness (QED) is 0.494. The van der Waals surface area contributed by atoms with E-state index in [2.05, 4.69) is 15.6 Å². The number of hydrogen-bond donors (Lipinski definition) is 2. The average Bonchev–Trinajstić information content (AvgIpc) is 3.14. The van der Waals surface area contributed by atoms with E-state index in [-0.39, 0.29) is 11.4 Å². The van der Waals surface area contributed by atoms with E-state index in [1.807, 2.05) is 37.3 Å². The van der Waals surface area contributed by atoms with E-state index >= 15 is 0 Å². The third-order valence-electron chi connectivity index (χ3n) is 6.95. The number of piperidine rings is 1. The summed E-state index contributed by atoms with van der Waals surface area (Å²) in [6.07, 6.45) is 1.93. The molecule has 3 amide bonds. The van der Waals surface area contributed by atoms with Crippen LogP contribution in [0.15, 0.2) is 59.5 Å². The van der Waals surface area contributed by atoms with E-state index in [1.54, 1.807) is 19.1 Å². The van der Waals surface area contributed by atoms with Crippen LogP contribution in [0.1, 0.15) is 37.4 Å². The summed E-state index contributed by atoms with van der Waals surface area (Å²) in [7, 11) is -3.91. The van der Waals surface area contributed by atoms with Gasteiger partial charge in [0.15, 0.2) is 0 Å². The SMILES string of the molecule is Cc1cc(COc2ccc(S(=O)(=O)N3CCCCC3[C@@]3(C)NC(=O)NC3=O)cc2)c2ccccc2n1. The lowest BCUT2D eigenvalue weighted by atomic mass is 9.86. The number of benzene rings is 2. The minimum absolute atomic E-state index is 0.111. The summed E-state index contributed by atoms with van der Waals surface area (Å²) in [6.45, 7) is 4.10. The molecule has 2 aliphatic heterocycles. The Morgan fingerprint density at radius 3 is 2.58 bits per heavy atom. The Kier molecular flexibility index (Phi) is 6.17. The number of imide groups is 1. The second-order valence-electron chi connectivity index (χ2n) is 9.44. The first-order chi connectivity index (χ1) is 17.2. The molecule has 5 rings (SSSR count). The zero-order valence-electron chi connectivity index (χ0n) is 20.2. The van der Waals surface area contributed by atoms with Crippen molar-refractivity contribution < 1.29 is 22.7 Å². The number of fused-ring (bicyclic) bond motifs is 1. The number of urea groups is 1. The molecule has 10 heteroatoms. The standard InChI is InChI=1S/C26H28N4O5S/c1-17-15-18(21-7-3-4-8-22(21)27-17)16-35-19-10-12-20(13-11-19)36(33,34)30-14-6-5-9-23(30)26(2)24(31)28-25(32)29-26/h3-4,7-8,10-13,15,23H,5-6,9,14,16H2,1-2H3,(H2,28,29,31,32)/t23?,26-/m1/s1. The topological polar surface area (TPSA) is 118 Å². The van der Waals surface area contributed by atoms with Gasteiger partial charge in [-0.1, -0.05) is 24.6 Å². The van der Waals surface area contributed by atoms with Crippen molar-refractivity contribution in [3.63, 3.8) is 0 Å². The van der Waals surface area contributed by atoms with Gasteiger partial charge in [-0.25, -0.2) is 13.2 Å². The Labute approximate surface area is 209 Å². The van der Waals surface area contributed by atoms with Gasteiger partial charge in [0.25, 0.3) is 5.91 Å². The number of carbonyl (C=O) groups is 2. The smallest absolute Gasteiger partial charge is 0.322 e. The Balaban J connectivity index is 1.35. The average molecular weight is 509 g/mol. The summed E-state index contributed by atoms with van der Waals surface area (Å²) in [5.74, 6) is 0.0271. The van der Waals surface area contributed by atoms with Crippen molar-refractivity contribution >= 4 is 32.9 Å². The van der Waals surface area contributed by atoms with Gasteiger partial charge in [-0.05, 0) is 63.1 Å². The molecular formula is C26H28N4O5S. The van der Waals surface area contributed by atoms with Crippen LogP contribution in [-0.2, 0) is 21.4 Å². The summed E-state index contributed by atoms with van der Waals surface area (Å²) in [5, 5.41) is 5.88. The fourth-order valence-electron chi connectivity index (χ4n) is 5.08. The molecule has 2 aliphatic rings. The number of sulfonamides is 1. The maximum absolute atomic E-state index is 13.6. The highest BCUT2D eigenvalue weighted by molar-refractivity contribution is 7.89. The van der Waals surface area contributed by atoms with E-state index in [0.29, 0.717) is 25.2 Å². The third kappa shape index (κ3) is 4.31. The van der Waals surface area contributed by atoms with E-state index in [1.165, 1.54) is 16.4 Å². The molecule has 3 aromatic rings. The van der Waals surface area contributed by atoms with Gasteiger partial charge in [0.2, 0.25) is 10.0 Å². The molecule has 0 bridgehead atoms. The molecule has 2 aromatic carbocycles. The summed E-state index contributed by atoms with van der Waals surface area (Å²) in [5.41, 5.74) is 1.47. The lowest BCUT2D eigenvalue weighted by molar-refractivity contribution is -0.125. The monoisotopic (exact) mass is 508 g/mol. The van der Waals surface area contributed by atoms with E-state index in [0.717, 1.165) is 28.6 Å². The molecular weight excluding hydrogens is 480 g/mol. The summed E-state index contributed by atoms with van der Waals surface area (Å²) >= 11 is 0. The molecule has 0 aliphatic carbocycles. The second kappa shape index (κ2) is 9.18. The fourth-order valence-corrected chi connectivity index (χ4v) is 6.85. The highest BCUT2D eigenvalue weighted by Gasteiger charge is 2.53. The lowest BCUT2D eigenvalue weighted by Gasteiger charge is -2.42. The van der Waals surface area contributed by atoms with E-state index < -0.39 is 33.5 Å². The van der Waals surface area contributed by atoms with Gasteiger partial charge >= 0.3 is 6.03 Å². The maximum Gasteiger partial charge on any atom is 0.322 e. The number of nitrogens with zero attached hydrogens (tertiary/aromatic N) is 2. The Morgan fingerprint density at radius 1 is 1.11 bits per heavy atom. The Hall–Kier alpha value is -3.50. The van der Waals surface area contributed by atoms with Crippen LogP contribution in [0, 0.1) is 6.92 Å². The number of ether oxygens (including phenoxy) is 1. The lowest BCUT2D eigenvalue weighted by Crippen LogP contribution is -2.63. The van der Waals surface area contributed by atoms with Crippen molar-refractivity contribution in [2.24, 2.45) is 0 Å². The van der Waals surface area contributed by atoms with E-state index in [9.17, 15) is 18.0 Å². The van der Waals surface area contributed by atoms with Crippen LogP contribution < -0.4 is 15.4 Å². The van der Waals surface area contributed by atoms with Crippen LogP contribution in [0.2, 0.25) is 0 Å². The van der Waals surface area contributed by atoms with Gasteiger partial charge in [0.1, 0.15) is 17.9 Å². The number of hydrogen-bond acceptors (Lipinski definition) is 6. The minimum Gasteiger partial charge on any atom is -0.489 e. The number of para-hydroxylation sites is 1. The molecule has 1 aromatic heterocycles. The Morgan fingerprint density at radius 2 is 1.86 bits per heavy atom. The molecule has 3 heterocycles. The molecule has 0 saturated carbocycles. The first-order valence-corrected chi connectivity index (χ1v) is 13.4. The normalized spacial score (nSPS) is 22.9. The van der Waals surface area contributed by atoms with Crippen molar-refractivity contribution in [1.29, 1.82) is 0 Å². The van der Waals surface area contributed by atoms with Gasteiger partial charge in [-0.2, -0.15) is 4.31 Å². The van der Waals surface area contributed by atoms with Gasteiger partial charge in [0, 0.05) is 23.2 Å². The van der Waals surface area contributed by atoms with Gasteiger partial charge < -0.3 is 10.1 Å². The molecule has 2 atom stereocenters. The largest absolute Gasteiger partial charge is 0.489 e. The summed E-state index contributed by atoms with van der Waals surface area (Å²) in [6, 6.07) is 14.8. The zero-order chi connectivity index (χ0) is 25.5. The van der Waals surface area contributed by atoms with Crippen LogP contribution in [0.25, 0.3) is 10.9 Å². The predicted octanol–water partition coefficient (Wildman–Crippen LogP) is 3.26. The number of carbonyl (C=O) groups excluding carboxylic acids is 2. The van der Waals surface area contributed by atoms with Crippen LogP contribution in [0.3, 0.4) is 0 Å². The van der Waals surface area contributed by atoms with Gasteiger partial charge in [-0.3, -0.25) is 15.1 Å². The first-order valence-electron chi connectivity index (χ1n) is 11.9. The number of amides is 3. The highest BCUT2D eigenvalue weighted by atomic mass is 32.2. The first kappa shape index (κ1) is 24.2. The van der Waals surface area contributed by atoms with Crippen LogP contribution in [-0.4, -0.2) is 47.8 Å². The van der Waals surface area contributed by atoms with Gasteiger partial charge in [-0.15, -0.1) is 0 Å². The van der Waals surface area contributed by atoms with Crippen molar-refractivity contribution in [2.75, 3.05) is 6.54 Å². The number of pyridine rings is 1. The molecule has 188 valence electrons. The summed E-state index contributed by atoms with van der Waals surface area (Å²) in [4.78, 5) is 29.0. The van der Waals surface area contributed by atoms with Gasteiger partial charge in [0.05, 0.1) is 16.5 Å². The highest BCUT2D eigenvalue weighted by Crippen LogP contribution is 2.33. The fraction of sp³-hybridized carbons (Fsp3) is 0.346. The predicted molar refractivity (Wildman–Crippen MR) is 134 cm³/mol. The number of rotatable bonds is 6. The Bertz CT molecular complexity index is 1440. The van der Waals surface area contributed by atoms with Crippen molar-refractivity contribution in [2.45, 2.75) is 56.2 Å². The molecule has 2 saturated heterocycles. The third-order valence-corrected chi connectivity index (χ3v) is 8.87. The molecule has 1 unspecified atom stereocenters. The number of aromatic nitrogens is 1. The molecule has 2 fully saturated rings. The number of aryl methyl sites for hydroxylation is 1. The molecule has 0 radical (unpaired) electrons. The second-order valence-corrected chi connectivity index (χ2v) is 11.3. The van der Waals surface area contributed by atoms with Crippen molar-refractivity contribution in [3.05, 3.63) is 65.9 Å². The van der Waals surface area contributed by atoms with E-state index in [4.69, 9.17) is 4.74 Å². The van der Waals surface area contributed by atoms with Crippen molar-refractivity contribution in [3.8, 4) is 5.75 Å².